The highest BCUT2D eigenvalue weighted by Gasteiger charge is 2.21. The fourth-order valence-electron chi connectivity index (χ4n) is 2.14. The van der Waals surface area contributed by atoms with Crippen molar-refractivity contribution in [2.75, 3.05) is 5.32 Å². The fourth-order valence-corrected chi connectivity index (χ4v) is 2.40. The average molecular weight is 388 g/mol. The van der Waals surface area contributed by atoms with Crippen molar-refractivity contribution >= 4 is 27.5 Å². The summed E-state index contributed by atoms with van der Waals surface area (Å²) in [6.45, 7) is 2.38. The number of benzene rings is 1. The Morgan fingerprint density at radius 1 is 1.35 bits per heavy atom. The van der Waals surface area contributed by atoms with Gasteiger partial charge in [0.05, 0.1) is 21.5 Å². The van der Waals surface area contributed by atoms with Crippen LogP contribution in [0.15, 0.2) is 28.7 Å². The summed E-state index contributed by atoms with van der Waals surface area (Å²) in [4.78, 5) is 12.4. The van der Waals surface area contributed by atoms with Crippen molar-refractivity contribution in [1.29, 1.82) is 0 Å². The maximum absolute atomic E-state index is 12.4. The van der Waals surface area contributed by atoms with E-state index >= 15 is 0 Å². The third-order valence-corrected chi connectivity index (χ3v) is 4.49. The SMILES string of the molecule is Cc1nn(C(C)C(=O)Nc2ccccc2OC(F)F)c(C)c1Br. The van der Waals surface area contributed by atoms with Crippen LogP contribution in [-0.4, -0.2) is 22.3 Å². The molecule has 1 atom stereocenters. The van der Waals surface area contributed by atoms with Crippen LogP contribution in [-0.2, 0) is 4.79 Å². The molecule has 0 aliphatic heterocycles. The first kappa shape index (κ1) is 17.4. The van der Waals surface area contributed by atoms with Crippen LogP contribution in [0.4, 0.5) is 14.5 Å². The topological polar surface area (TPSA) is 56.2 Å². The number of alkyl halides is 2. The largest absolute Gasteiger partial charge is 0.433 e. The maximum atomic E-state index is 12.4. The molecule has 5 nitrogen and oxygen atoms in total. The first-order chi connectivity index (χ1) is 10.8. The number of aryl methyl sites for hydroxylation is 1. The second-order valence-electron chi connectivity index (χ2n) is 4.97. The zero-order valence-corrected chi connectivity index (χ0v) is 14.4. The van der Waals surface area contributed by atoms with Gasteiger partial charge in [0, 0.05) is 0 Å². The number of hydrogen-bond acceptors (Lipinski definition) is 3. The third kappa shape index (κ3) is 3.87. The molecule has 1 aromatic heterocycles. The standard InChI is InChI=1S/C15H16BrF2N3O2/c1-8-13(16)9(2)21(20-8)10(3)14(22)19-11-6-4-5-7-12(11)23-15(17)18/h4-7,10,15H,1-3H3,(H,19,22). The van der Waals surface area contributed by atoms with E-state index < -0.39 is 12.7 Å². The molecular formula is C15H16BrF2N3O2. The number of nitrogens with zero attached hydrogens (tertiary/aromatic N) is 2. The van der Waals surface area contributed by atoms with Gasteiger partial charge >= 0.3 is 6.61 Å². The lowest BCUT2D eigenvalue weighted by Crippen LogP contribution is -2.25. The number of carbonyl (C=O) groups excluding carboxylic acids is 1. The normalized spacial score (nSPS) is 12.3. The first-order valence-corrected chi connectivity index (χ1v) is 7.66. The zero-order valence-electron chi connectivity index (χ0n) is 12.8. The van der Waals surface area contributed by atoms with E-state index in [1.807, 2.05) is 13.8 Å². The number of para-hydroxylation sites is 2. The number of rotatable bonds is 5. The van der Waals surface area contributed by atoms with Gasteiger partial charge in [-0.05, 0) is 48.8 Å². The molecule has 0 bridgehead atoms. The number of amides is 1. The highest BCUT2D eigenvalue weighted by molar-refractivity contribution is 9.10. The Morgan fingerprint density at radius 3 is 2.57 bits per heavy atom. The summed E-state index contributed by atoms with van der Waals surface area (Å²) in [5.74, 6) is -0.467. The summed E-state index contributed by atoms with van der Waals surface area (Å²) in [5, 5.41) is 6.90. The number of halogens is 3. The van der Waals surface area contributed by atoms with Crippen LogP contribution in [0.5, 0.6) is 5.75 Å². The molecule has 1 unspecified atom stereocenters. The van der Waals surface area contributed by atoms with Crippen LogP contribution in [0.25, 0.3) is 0 Å². The number of ether oxygens (including phenoxy) is 1. The van der Waals surface area contributed by atoms with Crippen molar-refractivity contribution in [3.63, 3.8) is 0 Å². The number of anilines is 1. The smallest absolute Gasteiger partial charge is 0.387 e. The van der Waals surface area contributed by atoms with Crippen molar-refractivity contribution in [1.82, 2.24) is 9.78 Å². The Hall–Kier alpha value is -1.96. The van der Waals surface area contributed by atoms with Gasteiger partial charge in [-0.1, -0.05) is 12.1 Å². The van der Waals surface area contributed by atoms with E-state index in [4.69, 9.17) is 0 Å². The summed E-state index contributed by atoms with van der Waals surface area (Å²) in [6, 6.07) is 5.43. The lowest BCUT2D eigenvalue weighted by atomic mass is 10.2. The Kier molecular flexibility index (Phi) is 5.35. The Labute approximate surface area is 140 Å². The molecule has 2 aromatic rings. The summed E-state index contributed by atoms with van der Waals surface area (Å²) in [5.41, 5.74) is 1.76. The molecule has 2 rings (SSSR count). The minimum atomic E-state index is -2.96. The van der Waals surface area contributed by atoms with E-state index in [9.17, 15) is 13.6 Å². The van der Waals surface area contributed by atoms with Gasteiger partial charge < -0.3 is 10.1 Å². The van der Waals surface area contributed by atoms with Gasteiger partial charge in [0.15, 0.2) is 0 Å². The summed E-state index contributed by atoms with van der Waals surface area (Å²) < 4.78 is 31.6. The molecule has 1 amide bonds. The first-order valence-electron chi connectivity index (χ1n) is 6.87. The highest BCUT2D eigenvalue weighted by atomic mass is 79.9. The maximum Gasteiger partial charge on any atom is 0.387 e. The molecule has 0 aliphatic carbocycles. The van der Waals surface area contributed by atoms with E-state index in [1.54, 1.807) is 23.7 Å². The Balaban J connectivity index is 2.20. The quantitative estimate of drug-likeness (QED) is 0.841. The zero-order chi connectivity index (χ0) is 17.1. The predicted octanol–water partition coefficient (Wildman–Crippen LogP) is 4.06. The number of nitrogens with one attached hydrogen (secondary N) is 1. The Bertz CT molecular complexity index is 719. The number of aromatic nitrogens is 2. The van der Waals surface area contributed by atoms with Gasteiger partial charge in [0.1, 0.15) is 11.8 Å². The minimum absolute atomic E-state index is 0.0856. The molecule has 1 N–H and O–H groups in total. The molecule has 8 heteroatoms. The van der Waals surface area contributed by atoms with Gasteiger partial charge in [-0.3, -0.25) is 9.48 Å². The van der Waals surface area contributed by atoms with Crippen molar-refractivity contribution in [3.8, 4) is 5.75 Å². The van der Waals surface area contributed by atoms with Crippen LogP contribution < -0.4 is 10.1 Å². The Morgan fingerprint density at radius 2 is 2.00 bits per heavy atom. The van der Waals surface area contributed by atoms with Gasteiger partial charge in [0.25, 0.3) is 0 Å². The molecule has 0 radical (unpaired) electrons. The highest BCUT2D eigenvalue weighted by Crippen LogP contribution is 2.27. The van der Waals surface area contributed by atoms with Crippen molar-refractivity contribution in [2.24, 2.45) is 0 Å². The van der Waals surface area contributed by atoms with E-state index in [1.165, 1.54) is 12.1 Å². The fraction of sp³-hybridized carbons (Fsp3) is 0.333. The number of carbonyl (C=O) groups is 1. The molecule has 0 spiro atoms. The molecular weight excluding hydrogens is 372 g/mol. The third-order valence-electron chi connectivity index (χ3n) is 3.34. The van der Waals surface area contributed by atoms with Crippen LogP contribution in [0.3, 0.4) is 0 Å². The molecule has 0 fully saturated rings. The van der Waals surface area contributed by atoms with Crippen molar-refractivity contribution in [2.45, 2.75) is 33.4 Å². The summed E-state index contributed by atoms with van der Waals surface area (Å²) in [6.07, 6.45) is 0. The molecule has 1 heterocycles. The van der Waals surface area contributed by atoms with Crippen molar-refractivity contribution < 1.29 is 18.3 Å². The van der Waals surface area contributed by atoms with Gasteiger partial charge in [-0.25, -0.2) is 0 Å². The van der Waals surface area contributed by atoms with Crippen LogP contribution >= 0.6 is 15.9 Å². The van der Waals surface area contributed by atoms with E-state index in [-0.39, 0.29) is 17.3 Å². The lowest BCUT2D eigenvalue weighted by Gasteiger charge is -2.16. The van der Waals surface area contributed by atoms with E-state index in [0.29, 0.717) is 0 Å². The molecule has 0 saturated heterocycles. The van der Waals surface area contributed by atoms with Crippen LogP contribution in [0, 0.1) is 13.8 Å². The summed E-state index contributed by atoms with van der Waals surface area (Å²) in [7, 11) is 0. The molecule has 0 aliphatic rings. The molecule has 124 valence electrons. The second kappa shape index (κ2) is 7.08. The van der Waals surface area contributed by atoms with Crippen LogP contribution in [0.2, 0.25) is 0 Å². The van der Waals surface area contributed by atoms with E-state index in [0.717, 1.165) is 15.9 Å². The lowest BCUT2D eigenvalue weighted by molar-refractivity contribution is -0.119. The minimum Gasteiger partial charge on any atom is -0.433 e. The van der Waals surface area contributed by atoms with Gasteiger partial charge in [-0.2, -0.15) is 13.9 Å². The number of hydrogen-bond donors (Lipinski definition) is 1. The molecule has 1 aromatic carbocycles. The monoisotopic (exact) mass is 387 g/mol. The summed E-state index contributed by atoms with van der Waals surface area (Å²) >= 11 is 3.40. The molecule has 0 saturated carbocycles. The predicted molar refractivity (Wildman–Crippen MR) is 85.8 cm³/mol. The average Bonchev–Trinajstić information content (AvgIpc) is 2.75. The van der Waals surface area contributed by atoms with E-state index in [2.05, 4.69) is 31.1 Å². The second-order valence-corrected chi connectivity index (χ2v) is 5.76. The van der Waals surface area contributed by atoms with Crippen LogP contribution in [0.1, 0.15) is 24.4 Å². The van der Waals surface area contributed by atoms with Gasteiger partial charge in [-0.15, -0.1) is 0 Å². The van der Waals surface area contributed by atoms with Crippen molar-refractivity contribution in [3.05, 3.63) is 40.1 Å². The van der Waals surface area contributed by atoms with Gasteiger partial charge in [0.2, 0.25) is 5.91 Å². The molecule has 23 heavy (non-hydrogen) atoms.